The Morgan fingerprint density at radius 3 is 2.24 bits per heavy atom. The van der Waals surface area contributed by atoms with Crippen molar-refractivity contribution in [2.75, 3.05) is 30.3 Å². The summed E-state index contributed by atoms with van der Waals surface area (Å²) >= 11 is 0. The molecule has 4 aromatic rings. The number of carbonyl (C=O) groups is 4. The molecule has 4 aromatic carbocycles. The molecule has 3 aliphatic heterocycles. The molecular formula is C33H24FN3O8. The number of anilines is 2. The van der Waals surface area contributed by atoms with Crippen LogP contribution in [0.25, 0.3) is 0 Å². The fourth-order valence-electron chi connectivity index (χ4n) is 5.48. The fraction of sp³-hybridized carbons (Fsp3) is 0.152. The molecule has 12 heteroatoms. The maximum absolute atomic E-state index is 14.3. The first kappa shape index (κ1) is 27.9. The molecule has 7 rings (SSSR count). The Hall–Kier alpha value is -5.91. The summed E-state index contributed by atoms with van der Waals surface area (Å²) in [6, 6.07) is 20.4. The van der Waals surface area contributed by atoms with Crippen molar-refractivity contribution < 1.29 is 42.5 Å². The van der Waals surface area contributed by atoms with Gasteiger partial charge in [-0.3, -0.25) is 24.1 Å². The Kier molecular flexibility index (Phi) is 7.01. The van der Waals surface area contributed by atoms with E-state index in [2.05, 4.69) is 5.32 Å². The van der Waals surface area contributed by atoms with E-state index in [1.807, 2.05) is 0 Å². The lowest BCUT2D eigenvalue weighted by Gasteiger charge is -2.33. The minimum absolute atomic E-state index is 0.00439. The van der Waals surface area contributed by atoms with Gasteiger partial charge in [-0.05, 0) is 59.7 Å². The molecule has 0 bridgehead atoms. The Morgan fingerprint density at radius 1 is 0.822 bits per heavy atom. The predicted molar refractivity (Wildman–Crippen MR) is 157 cm³/mol. The summed E-state index contributed by atoms with van der Waals surface area (Å²) in [5.74, 6) is -1.44. The highest BCUT2D eigenvalue weighted by atomic mass is 19.1. The Balaban J connectivity index is 1.28. The van der Waals surface area contributed by atoms with Crippen molar-refractivity contribution >= 4 is 34.9 Å². The lowest BCUT2D eigenvalue weighted by molar-refractivity contribution is -0.139. The number of hydrogen-bond donors (Lipinski definition) is 1. The van der Waals surface area contributed by atoms with Crippen LogP contribution in [0, 0.1) is 5.82 Å². The van der Waals surface area contributed by atoms with Crippen molar-refractivity contribution in [3.63, 3.8) is 0 Å². The molecule has 0 fully saturated rings. The summed E-state index contributed by atoms with van der Waals surface area (Å²) in [4.78, 5) is 56.5. The number of nitrogens with one attached hydrogen (secondary N) is 1. The van der Waals surface area contributed by atoms with E-state index in [1.165, 1.54) is 35.2 Å². The number of benzene rings is 4. The first-order valence-corrected chi connectivity index (χ1v) is 13.9. The minimum atomic E-state index is -1.27. The summed E-state index contributed by atoms with van der Waals surface area (Å²) in [5.41, 5.74) is 1.78. The molecule has 3 heterocycles. The summed E-state index contributed by atoms with van der Waals surface area (Å²) in [6.07, 6.45) is 0. The van der Waals surface area contributed by atoms with Crippen molar-refractivity contribution in [3.05, 3.63) is 107 Å². The average molecular weight is 610 g/mol. The van der Waals surface area contributed by atoms with Gasteiger partial charge in [-0.15, -0.1) is 0 Å². The Bertz CT molecular complexity index is 1860. The minimum Gasteiger partial charge on any atom is -0.454 e. The van der Waals surface area contributed by atoms with Crippen LogP contribution in [0.1, 0.15) is 27.5 Å². The molecule has 0 aliphatic carbocycles. The van der Waals surface area contributed by atoms with Gasteiger partial charge < -0.3 is 29.2 Å². The highest BCUT2D eigenvalue weighted by Gasteiger charge is 2.40. The number of para-hydroxylation sites is 1. The van der Waals surface area contributed by atoms with Crippen molar-refractivity contribution in [2.24, 2.45) is 0 Å². The van der Waals surface area contributed by atoms with Crippen molar-refractivity contribution in [2.45, 2.75) is 12.6 Å². The summed E-state index contributed by atoms with van der Waals surface area (Å²) in [6.45, 7) is -0.617. The third-order valence-corrected chi connectivity index (χ3v) is 7.67. The number of ketones is 1. The molecule has 1 unspecified atom stereocenters. The van der Waals surface area contributed by atoms with Crippen molar-refractivity contribution in [1.29, 1.82) is 0 Å². The van der Waals surface area contributed by atoms with Crippen LogP contribution in [0.5, 0.6) is 23.0 Å². The standard InChI is InChI=1S/C33H24FN3O8/c34-21-8-5-19(6-9-21)15-37(29(38)16-36-24-4-2-1-3-23(24)31(39)33(36)41)30(20-7-11-25-27(13-20)44-17-42-25)32(40)35-22-10-12-26-28(14-22)45-18-43-26/h1-14,30H,15-18H2,(H,35,40). The van der Waals surface area contributed by atoms with Crippen LogP contribution >= 0.6 is 0 Å². The van der Waals surface area contributed by atoms with Crippen molar-refractivity contribution in [3.8, 4) is 23.0 Å². The largest absolute Gasteiger partial charge is 0.454 e. The number of amides is 3. The summed E-state index contributed by atoms with van der Waals surface area (Å²) < 4.78 is 35.7. The van der Waals surface area contributed by atoms with E-state index in [1.54, 1.807) is 54.6 Å². The molecule has 0 spiro atoms. The molecule has 1 atom stereocenters. The van der Waals surface area contributed by atoms with Crippen LogP contribution in [0.2, 0.25) is 0 Å². The van der Waals surface area contributed by atoms with Gasteiger partial charge in [0.2, 0.25) is 19.5 Å². The predicted octanol–water partition coefficient (Wildman–Crippen LogP) is 4.22. The lowest BCUT2D eigenvalue weighted by Crippen LogP contribution is -2.46. The SMILES string of the molecule is O=C1C(=O)N(CC(=O)N(Cc2ccc(F)cc2)C(C(=O)Nc2ccc3c(c2)OCO3)c2ccc3c(c2)OCO3)c2ccccc21. The van der Waals surface area contributed by atoms with Crippen LogP contribution < -0.4 is 29.2 Å². The van der Waals surface area contributed by atoms with Crippen LogP contribution in [0.3, 0.4) is 0 Å². The second-order valence-electron chi connectivity index (χ2n) is 10.5. The summed E-state index contributed by atoms with van der Waals surface area (Å²) in [7, 11) is 0. The molecule has 0 aromatic heterocycles. The van der Waals surface area contributed by atoms with Gasteiger partial charge in [0.25, 0.3) is 17.6 Å². The fourth-order valence-corrected chi connectivity index (χ4v) is 5.48. The Morgan fingerprint density at radius 2 is 1.49 bits per heavy atom. The number of hydrogen-bond acceptors (Lipinski definition) is 8. The number of Topliss-reactive ketones (excluding diaryl/α,β-unsaturated/α-hetero) is 1. The third-order valence-electron chi connectivity index (χ3n) is 7.67. The van der Waals surface area contributed by atoms with Gasteiger partial charge in [0.1, 0.15) is 18.4 Å². The summed E-state index contributed by atoms with van der Waals surface area (Å²) in [5, 5.41) is 2.86. The van der Waals surface area contributed by atoms with E-state index in [9.17, 15) is 23.6 Å². The maximum Gasteiger partial charge on any atom is 0.299 e. The van der Waals surface area contributed by atoms with Gasteiger partial charge in [-0.2, -0.15) is 0 Å². The quantitative estimate of drug-likeness (QED) is 0.295. The molecule has 1 N–H and O–H groups in total. The lowest BCUT2D eigenvalue weighted by atomic mass is 10.0. The first-order valence-electron chi connectivity index (χ1n) is 13.9. The second kappa shape index (κ2) is 11.3. The van der Waals surface area contributed by atoms with Crippen molar-refractivity contribution in [1.82, 2.24) is 4.90 Å². The smallest absolute Gasteiger partial charge is 0.299 e. The molecular weight excluding hydrogens is 585 g/mol. The molecule has 3 amide bonds. The monoisotopic (exact) mass is 609 g/mol. The van der Waals surface area contributed by atoms with E-state index in [4.69, 9.17) is 18.9 Å². The zero-order valence-electron chi connectivity index (χ0n) is 23.5. The molecule has 0 saturated heterocycles. The van der Waals surface area contributed by atoms with E-state index in [-0.39, 0.29) is 25.7 Å². The van der Waals surface area contributed by atoms with Gasteiger partial charge in [0.15, 0.2) is 23.0 Å². The second-order valence-corrected chi connectivity index (χ2v) is 10.5. The normalized spacial score (nSPS) is 14.7. The van der Waals surface area contributed by atoms with E-state index in [0.717, 1.165) is 4.90 Å². The number of rotatable bonds is 8. The zero-order valence-corrected chi connectivity index (χ0v) is 23.5. The maximum atomic E-state index is 14.3. The number of carbonyl (C=O) groups excluding carboxylic acids is 4. The highest BCUT2D eigenvalue weighted by molar-refractivity contribution is 6.52. The van der Waals surface area contributed by atoms with E-state index in [0.29, 0.717) is 45.5 Å². The molecule has 45 heavy (non-hydrogen) atoms. The number of nitrogens with zero attached hydrogens (tertiary/aromatic N) is 2. The van der Waals surface area contributed by atoms with Crippen LogP contribution in [0.4, 0.5) is 15.8 Å². The van der Waals surface area contributed by atoms with Gasteiger partial charge in [-0.25, -0.2) is 4.39 Å². The van der Waals surface area contributed by atoms with Gasteiger partial charge >= 0.3 is 0 Å². The number of ether oxygens (including phenoxy) is 4. The molecule has 11 nitrogen and oxygen atoms in total. The first-order chi connectivity index (χ1) is 21.9. The molecule has 0 saturated carbocycles. The molecule has 0 radical (unpaired) electrons. The Labute approximate surface area is 255 Å². The zero-order chi connectivity index (χ0) is 31.1. The van der Waals surface area contributed by atoms with Gasteiger partial charge in [0, 0.05) is 18.3 Å². The van der Waals surface area contributed by atoms with Crippen LogP contribution in [-0.4, -0.2) is 48.5 Å². The van der Waals surface area contributed by atoms with E-state index >= 15 is 0 Å². The van der Waals surface area contributed by atoms with Crippen LogP contribution in [-0.2, 0) is 20.9 Å². The van der Waals surface area contributed by atoms with E-state index < -0.39 is 41.9 Å². The number of fused-ring (bicyclic) bond motifs is 3. The third kappa shape index (κ3) is 5.26. The van der Waals surface area contributed by atoms with Gasteiger partial charge in [0.05, 0.1) is 11.3 Å². The number of halogens is 1. The molecule has 226 valence electrons. The molecule has 3 aliphatic rings. The average Bonchev–Trinajstić information content (AvgIpc) is 3.77. The highest BCUT2D eigenvalue weighted by Crippen LogP contribution is 2.38. The van der Waals surface area contributed by atoms with Crippen LogP contribution in [0.15, 0.2) is 84.9 Å². The van der Waals surface area contributed by atoms with Gasteiger partial charge in [-0.1, -0.05) is 30.3 Å². The topological polar surface area (TPSA) is 124 Å².